The molecule has 2 aromatic heterocycles. The first-order chi connectivity index (χ1) is 13.6. The molecule has 2 aromatic rings. The molecule has 1 spiro atoms. The van der Waals surface area contributed by atoms with E-state index in [1.807, 2.05) is 18.1 Å². The minimum atomic E-state index is -0.221. The molecule has 0 atom stereocenters. The van der Waals surface area contributed by atoms with Gasteiger partial charge in [0, 0.05) is 63.0 Å². The molecular weight excluding hydrogens is 352 g/mol. The highest BCUT2D eigenvalue weighted by Crippen LogP contribution is 2.44. The molecular formula is C21H30N6O. The molecule has 4 heterocycles. The van der Waals surface area contributed by atoms with Crippen molar-refractivity contribution in [1.82, 2.24) is 29.5 Å². The predicted molar refractivity (Wildman–Crippen MR) is 105 cm³/mol. The monoisotopic (exact) mass is 382 g/mol. The van der Waals surface area contributed by atoms with E-state index in [0.717, 1.165) is 69.7 Å². The van der Waals surface area contributed by atoms with Crippen molar-refractivity contribution in [2.75, 3.05) is 19.6 Å². The van der Waals surface area contributed by atoms with Crippen LogP contribution in [0.25, 0.3) is 0 Å². The van der Waals surface area contributed by atoms with Gasteiger partial charge in [0.1, 0.15) is 0 Å². The largest absolute Gasteiger partial charge is 0.348 e. The number of amides is 1. The van der Waals surface area contributed by atoms with Gasteiger partial charge in [0.25, 0.3) is 0 Å². The number of rotatable bonds is 3. The molecule has 0 aromatic carbocycles. The molecule has 1 saturated carbocycles. The highest BCUT2D eigenvalue weighted by atomic mass is 16.2. The summed E-state index contributed by atoms with van der Waals surface area (Å²) in [7, 11) is 1.98. The van der Waals surface area contributed by atoms with E-state index < -0.39 is 0 Å². The Bertz CT molecular complexity index is 871. The molecule has 1 saturated heterocycles. The molecule has 7 heteroatoms. The van der Waals surface area contributed by atoms with Gasteiger partial charge in [-0.25, -0.2) is 4.98 Å². The van der Waals surface area contributed by atoms with Gasteiger partial charge in [-0.2, -0.15) is 5.10 Å². The fraction of sp³-hybridized carbons (Fsp3) is 0.667. The van der Waals surface area contributed by atoms with Crippen molar-refractivity contribution in [3.05, 3.63) is 35.2 Å². The molecule has 0 unspecified atom stereocenters. The van der Waals surface area contributed by atoms with E-state index in [4.69, 9.17) is 4.98 Å². The van der Waals surface area contributed by atoms with Gasteiger partial charge < -0.3 is 9.88 Å². The average molecular weight is 383 g/mol. The smallest absolute Gasteiger partial charge is 0.226 e. The summed E-state index contributed by atoms with van der Waals surface area (Å²) in [5, 5.41) is 4.48. The predicted octanol–water partition coefficient (Wildman–Crippen LogP) is 2.13. The Labute approximate surface area is 166 Å². The molecule has 0 bridgehead atoms. The van der Waals surface area contributed by atoms with Crippen LogP contribution in [-0.4, -0.2) is 55.1 Å². The fourth-order valence-electron chi connectivity index (χ4n) is 5.31. The number of nitrogens with zero attached hydrogens (tertiary/aromatic N) is 5. The number of aromatic amines is 1. The quantitative estimate of drug-likeness (QED) is 0.883. The number of hydrogen-bond acceptors (Lipinski definition) is 4. The first-order valence-corrected chi connectivity index (χ1v) is 10.6. The zero-order chi connectivity index (χ0) is 19.3. The average Bonchev–Trinajstić information content (AvgIpc) is 3.22. The Hall–Kier alpha value is -2.15. The highest BCUT2D eigenvalue weighted by Gasteiger charge is 2.50. The lowest BCUT2D eigenvalue weighted by molar-refractivity contribution is -0.149. The normalized spacial score (nSPS) is 22.3. The number of piperidine rings is 1. The summed E-state index contributed by atoms with van der Waals surface area (Å²) in [6.45, 7) is 5.80. The van der Waals surface area contributed by atoms with Gasteiger partial charge in [-0.15, -0.1) is 0 Å². The summed E-state index contributed by atoms with van der Waals surface area (Å²) in [4.78, 5) is 26.0. The number of carbonyl (C=O) groups is 1. The Balaban J connectivity index is 1.37. The number of nitrogens with one attached hydrogen (secondary N) is 1. The van der Waals surface area contributed by atoms with Gasteiger partial charge in [0.05, 0.1) is 23.3 Å². The van der Waals surface area contributed by atoms with Crippen LogP contribution in [0.4, 0.5) is 0 Å². The van der Waals surface area contributed by atoms with E-state index in [1.54, 1.807) is 0 Å². The zero-order valence-corrected chi connectivity index (χ0v) is 16.9. The van der Waals surface area contributed by atoms with Crippen molar-refractivity contribution in [1.29, 1.82) is 0 Å². The molecule has 3 aliphatic rings. The van der Waals surface area contributed by atoms with Crippen molar-refractivity contribution in [2.24, 2.45) is 13.0 Å². The van der Waals surface area contributed by atoms with Gasteiger partial charge in [-0.3, -0.25) is 14.4 Å². The summed E-state index contributed by atoms with van der Waals surface area (Å²) >= 11 is 0. The number of fused-ring (bicyclic) bond motifs is 2. The number of likely N-dealkylation sites (tertiary alicyclic amines) is 1. The number of carbonyl (C=O) groups excluding carboxylic acids is 1. The van der Waals surface area contributed by atoms with E-state index in [0.29, 0.717) is 5.91 Å². The molecule has 2 fully saturated rings. The molecule has 0 radical (unpaired) electrons. The van der Waals surface area contributed by atoms with Crippen LogP contribution in [0.5, 0.6) is 0 Å². The van der Waals surface area contributed by atoms with Crippen molar-refractivity contribution in [3.8, 4) is 0 Å². The first-order valence-electron chi connectivity index (χ1n) is 10.6. The number of hydrogen-bond donors (Lipinski definition) is 1. The standard InChI is InChI=1S/C21H30N6O/c1-15-17(12-25(2)24-15)13-26-10-7-21(8-11-26)19-18(22-14-23-19)6-9-27(21)20(28)16-4-3-5-16/h12,14,16H,3-11,13H2,1-2H3,(H,22,23). The van der Waals surface area contributed by atoms with Gasteiger partial charge in [0.15, 0.2) is 0 Å². The molecule has 2 aliphatic heterocycles. The van der Waals surface area contributed by atoms with Crippen LogP contribution < -0.4 is 0 Å². The van der Waals surface area contributed by atoms with Crippen LogP contribution in [0.1, 0.15) is 54.7 Å². The van der Waals surface area contributed by atoms with Gasteiger partial charge >= 0.3 is 0 Å². The van der Waals surface area contributed by atoms with Crippen LogP contribution in [-0.2, 0) is 30.3 Å². The van der Waals surface area contributed by atoms with Crippen LogP contribution in [0, 0.1) is 12.8 Å². The first kappa shape index (κ1) is 17.9. The van der Waals surface area contributed by atoms with Crippen LogP contribution >= 0.6 is 0 Å². The minimum Gasteiger partial charge on any atom is -0.348 e. The van der Waals surface area contributed by atoms with Crippen molar-refractivity contribution < 1.29 is 4.79 Å². The maximum atomic E-state index is 13.3. The van der Waals surface area contributed by atoms with Gasteiger partial charge in [0.2, 0.25) is 5.91 Å². The van der Waals surface area contributed by atoms with E-state index in [1.165, 1.54) is 17.7 Å². The maximum absolute atomic E-state index is 13.3. The molecule has 150 valence electrons. The molecule has 1 amide bonds. The summed E-state index contributed by atoms with van der Waals surface area (Å²) in [6.07, 6.45) is 10.1. The lowest BCUT2D eigenvalue weighted by Gasteiger charge is -2.52. The molecule has 7 nitrogen and oxygen atoms in total. The van der Waals surface area contributed by atoms with Gasteiger partial charge in [-0.05, 0) is 32.6 Å². The van der Waals surface area contributed by atoms with Crippen LogP contribution in [0.15, 0.2) is 12.5 Å². The SMILES string of the molecule is Cc1nn(C)cc1CN1CCC2(CC1)c1nc[nH]c1CCN2C(=O)C1CCC1. The lowest BCUT2D eigenvalue weighted by atomic mass is 9.76. The topological polar surface area (TPSA) is 70.1 Å². The molecule has 28 heavy (non-hydrogen) atoms. The summed E-state index contributed by atoms with van der Waals surface area (Å²) in [5.74, 6) is 0.616. The van der Waals surface area contributed by atoms with Crippen molar-refractivity contribution >= 4 is 5.91 Å². The maximum Gasteiger partial charge on any atom is 0.226 e. The second-order valence-electron chi connectivity index (χ2n) is 8.82. The molecule has 5 rings (SSSR count). The second-order valence-corrected chi connectivity index (χ2v) is 8.82. The number of imidazole rings is 1. The summed E-state index contributed by atoms with van der Waals surface area (Å²) in [5.41, 5.74) is 4.54. The Morgan fingerprint density at radius 3 is 2.71 bits per heavy atom. The van der Waals surface area contributed by atoms with E-state index in [9.17, 15) is 4.79 Å². The second kappa shape index (κ2) is 6.72. The Morgan fingerprint density at radius 2 is 2.07 bits per heavy atom. The Kier molecular flexibility index (Phi) is 4.30. The third-order valence-corrected chi connectivity index (χ3v) is 7.17. The van der Waals surface area contributed by atoms with Crippen LogP contribution in [0.2, 0.25) is 0 Å². The van der Waals surface area contributed by atoms with Crippen molar-refractivity contribution in [2.45, 2.75) is 57.5 Å². The summed E-state index contributed by atoms with van der Waals surface area (Å²) in [6, 6.07) is 0. The molecule has 1 N–H and O–H groups in total. The molecule has 1 aliphatic carbocycles. The number of aryl methyl sites for hydroxylation is 2. The zero-order valence-electron chi connectivity index (χ0n) is 16.9. The van der Waals surface area contributed by atoms with Crippen LogP contribution in [0.3, 0.4) is 0 Å². The Morgan fingerprint density at radius 1 is 1.29 bits per heavy atom. The summed E-state index contributed by atoms with van der Waals surface area (Å²) < 4.78 is 1.90. The third kappa shape index (κ3) is 2.79. The third-order valence-electron chi connectivity index (χ3n) is 7.17. The van der Waals surface area contributed by atoms with Gasteiger partial charge in [-0.1, -0.05) is 6.42 Å². The highest BCUT2D eigenvalue weighted by molar-refractivity contribution is 5.81. The van der Waals surface area contributed by atoms with E-state index in [2.05, 4.69) is 33.0 Å². The lowest BCUT2D eigenvalue weighted by Crippen LogP contribution is -2.59. The minimum absolute atomic E-state index is 0.221. The van der Waals surface area contributed by atoms with E-state index >= 15 is 0 Å². The fourth-order valence-corrected chi connectivity index (χ4v) is 5.31. The number of aromatic nitrogens is 4. The van der Waals surface area contributed by atoms with E-state index in [-0.39, 0.29) is 11.5 Å². The van der Waals surface area contributed by atoms with Crippen molar-refractivity contribution in [3.63, 3.8) is 0 Å². The number of H-pyrrole nitrogens is 1.